The number of aromatic nitrogens is 2. The lowest BCUT2D eigenvalue weighted by Crippen LogP contribution is -1.75. The van der Waals surface area contributed by atoms with E-state index in [0.29, 0.717) is 10.2 Å². The first-order valence-electron chi connectivity index (χ1n) is 7.41. The number of nitrogens with zero attached hydrogens (tertiary/aromatic N) is 3. The highest BCUT2D eigenvalue weighted by atomic mass is 35.5. The van der Waals surface area contributed by atoms with E-state index in [1.165, 1.54) is 11.3 Å². The summed E-state index contributed by atoms with van der Waals surface area (Å²) in [5, 5.41) is 13.1. The fourth-order valence-electron chi connectivity index (χ4n) is 2.55. The summed E-state index contributed by atoms with van der Waals surface area (Å²) in [6.45, 7) is 2.00. The SMILES string of the molecule is Cc1[nH]c2ccccc2c1N=Nc1nc(-c2ccc(Cl)cc2)cs1. The number of aryl methyl sites for hydroxylation is 1. The number of para-hydroxylation sites is 1. The van der Waals surface area contributed by atoms with Crippen molar-refractivity contribution < 1.29 is 0 Å². The molecule has 1 N–H and O–H groups in total. The Morgan fingerprint density at radius 1 is 1.04 bits per heavy atom. The van der Waals surface area contributed by atoms with E-state index in [0.717, 1.165) is 33.5 Å². The summed E-state index contributed by atoms with van der Waals surface area (Å²) < 4.78 is 0. The van der Waals surface area contributed by atoms with Crippen LogP contribution in [0.5, 0.6) is 0 Å². The highest BCUT2D eigenvalue weighted by Gasteiger charge is 2.08. The monoisotopic (exact) mass is 352 g/mol. The standard InChI is InChI=1S/C18H13ClN4S/c1-11-17(14-4-2-3-5-15(14)20-11)22-23-18-21-16(10-24-18)12-6-8-13(19)9-7-12/h2-10,20H,1H3. The number of H-pyrrole nitrogens is 1. The van der Waals surface area contributed by atoms with Gasteiger partial charge in [-0.05, 0) is 25.1 Å². The number of hydrogen-bond acceptors (Lipinski definition) is 4. The predicted molar refractivity (Wildman–Crippen MR) is 99.8 cm³/mol. The Bertz CT molecular complexity index is 1030. The first-order valence-corrected chi connectivity index (χ1v) is 8.67. The van der Waals surface area contributed by atoms with Crippen LogP contribution in [0.1, 0.15) is 5.69 Å². The summed E-state index contributed by atoms with van der Waals surface area (Å²) >= 11 is 7.39. The summed E-state index contributed by atoms with van der Waals surface area (Å²) in [7, 11) is 0. The van der Waals surface area contributed by atoms with E-state index in [4.69, 9.17) is 11.6 Å². The molecular weight excluding hydrogens is 340 g/mol. The average Bonchev–Trinajstić information content (AvgIpc) is 3.17. The van der Waals surface area contributed by atoms with E-state index in [2.05, 4.69) is 20.2 Å². The van der Waals surface area contributed by atoms with E-state index < -0.39 is 0 Å². The maximum Gasteiger partial charge on any atom is 0.230 e. The lowest BCUT2D eigenvalue weighted by Gasteiger charge is -1.95. The van der Waals surface area contributed by atoms with E-state index in [1.807, 2.05) is 60.8 Å². The minimum atomic E-state index is 0.629. The summed E-state index contributed by atoms with van der Waals surface area (Å²) in [5.41, 5.74) is 4.80. The Hall–Kier alpha value is -2.50. The number of thiazole rings is 1. The second-order valence-corrected chi connectivity index (χ2v) is 6.64. The second-order valence-electron chi connectivity index (χ2n) is 5.37. The van der Waals surface area contributed by atoms with Crippen LogP contribution in [0.15, 0.2) is 64.1 Å². The van der Waals surface area contributed by atoms with Crippen molar-refractivity contribution in [3.8, 4) is 11.3 Å². The fraction of sp³-hybridized carbons (Fsp3) is 0.0556. The molecule has 2 aromatic carbocycles. The molecule has 24 heavy (non-hydrogen) atoms. The number of rotatable bonds is 3. The highest BCUT2D eigenvalue weighted by molar-refractivity contribution is 7.13. The van der Waals surface area contributed by atoms with Gasteiger partial charge in [-0.1, -0.05) is 41.9 Å². The van der Waals surface area contributed by atoms with E-state index >= 15 is 0 Å². The van der Waals surface area contributed by atoms with Crippen LogP contribution in [-0.4, -0.2) is 9.97 Å². The number of nitrogens with one attached hydrogen (secondary N) is 1. The quantitative estimate of drug-likeness (QED) is 0.411. The Morgan fingerprint density at radius 2 is 1.83 bits per heavy atom. The molecule has 0 spiro atoms. The minimum absolute atomic E-state index is 0.629. The van der Waals surface area contributed by atoms with Crippen molar-refractivity contribution in [1.29, 1.82) is 0 Å². The maximum atomic E-state index is 5.92. The zero-order valence-corrected chi connectivity index (χ0v) is 14.4. The maximum absolute atomic E-state index is 5.92. The number of halogens is 1. The molecular formula is C18H13ClN4S. The smallest absolute Gasteiger partial charge is 0.230 e. The van der Waals surface area contributed by atoms with Crippen molar-refractivity contribution >= 4 is 44.7 Å². The Morgan fingerprint density at radius 3 is 2.67 bits per heavy atom. The van der Waals surface area contributed by atoms with Crippen LogP contribution in [-0.2, 0) is 0 Å². The van der Waals surface area contributed by atoms with E-state index in [1.54, 1.807) is 0 Å². The zero-order valence-electron chi connectivity index (χ0n) is 12.8. The molecule has 0 unspecified atom stereocenters. The van der Waals surface area contributed by atoms with E-state index in [-0.39, 0.29) is 0 Å². The lowest BCUT2D eigenvalue weighted by molar-refractivity contribution is 1.18. The summed E-state index contributed by atoms with van der Waals surface area (Å²) in [4.78, 5) is 7.84. The average molecular weight is 353 g/mol. The molecule has 2 heterocycles. The molecule has 0 saturated heterocycles. The first kappa shape index (κ1) is 15.1. The summed E-state index contributed by atoms with van der Waals surface area (Å²) in [6, 6.07) is 15.7. The molecule has 0 fully saturated rings. The second kappa shape index (κ2) is 6.19. The number of benzene rings is 2. The van der Waals surface area contributed by atoms with Crippen LogP contribution in [0, 0.1) is 6.92 Å². The van der Waals surface area contributed by atoms with Gasteiger partial charge in [0.25, 0.3) is 0 Å². The van der Waals surface area contributed by atoms with Crippen molar-refractivity contribution in [3.05, 3.63) is 64.6 Å². The Balaban J connectivity index is 1.64. The molecule has 4 aromatic rings. The lowest BCUT2D eigenvalue weighted by atomic mass is 10.2. The van der Waals surface area contributed by atoms with Gasteiger partial charge in [0, 0.05) is 32.6 Å². The molecule has 4 rings (SSSR count). The van der Waals surface area contributed by atoms with Gasteiger partial charge in [0.2, 0.25) is 5.13 Å². The third-order valence-corrected chi connectivity index (χ3v) is 4.70. The van der Waals surface area contributed by atoms with Crippen molar-refractivity contribution in [2.45, 2.75) is 6.92 Å². The molecule has 0 aliphatic carbocycles. The van der Waals surface area contributed by atoms with Crippen molar-refractivity contribution in [2.24, 2.45) is 10.2 Å². The topological polar surface area (TPSA) is 53.4 Å². The molecule has 0 amide bonds. The Labute approximate surface area is 147 Å². The molecule has 0 aliphatic heterocycles. The fourth-order valence-corrected chi connectivity index (χ4v) is 3.32. The van der Waals surface area contributed by atoms with Gasteiger partial charge in [-0.15, -0.1) is 21.6 Å². The van der Waals surface area contributed by atoms with Gasteiger partial charge in [0.1, 0.15) is 5.69 Å². The number of fused-ring (bicyclic) bond motifs is 1. The molecule has 0 radical (unpaired) electrons. The van der Waals surface area contributed by atoms with Gasteiger partial charge in [-0.2, -0.15) is 0 Å². The molecule has 0 bridgehead atoms. The normalized spacial score (nSPS) is 11.6. The van der Waals surface area contributed by atoms with Crippen LogP contribution in [0.25, 0.3) is 22.2 Å². The van der Waals surface area contributed by atoms with Crippen molar-refractivity contribution in [2.75, 3.05) is 0 Å². The minimum Gasteiger partial charge on any atom is -0.357 e. The zero-order chi connectivity index (χ0) is 16.5. The van der Waals surface area contributed by atoms with Gasteiger partial charge in [-0.25, -0.2) is 4.98 Å². The first-order chi connectivity index (χ1) is 11.7. The van der Waals surface area contributed by atoms with Gasteiger partial charge >= 0.3 is 0 Å². The van der Waals surface area contributed by atoms with Crippen LogP contribution >= 0.6 is 22.9 Å². The van der Waals surface area contributed by atoms with Gasteiger partial charge in [-0.3, -0.25) is 0 Å². The third kappa shape index (κ3) is 2.84. The number of azo groups is 1. The predicted octanol–water partition coefficient (Wildman–Crippen LogP) is 6.67. The molecule has 6 heteroatoms. The van der Waals surface area contributed by atoms with E-state index in [9.17, 15) is 0 Å². The van der Waals surface area contributed by atoms with Gasteiger partial charge in [0.15, 0.2) is 0 Å². The largest absolute Gasteiger partial charge is 0.357 e. The van der Waals surface area contributed by atoms with Gasteiger partial charge in [0.05, 0.1) is 5.69 Å². The number of hydrogen-bond donors (Lipinski definition) is 1. The van der Waals surface area contributed by atoms with Crippen LogP contribution in [0.2, 0.25) is 5.02 Å². The van der Waals surface area contributed by atoms with Crippen molar-refractivity contribution in [3.63, 3.8) is 0 Å². The van der Waals surface area contributed by atoms with Crippen LogP contribution < -0.4 is 0 Å². The molecule has 2 aromatic heterocycles. The summed E-state index contributed by atoms with van der Waals surface area (Å²) in [6.07, 6.45) is 0. The van der Waals surface area contributed by atoms with Gasteiger partial charge < -0.3 is 4.98 Å². The van der Waals surface area contributed by atoms with Crippen LogP contribution in [0.4, 0.5) is 10.8 Å². The van der Waals surface area contributed by atoms with Crippen molar-refractivity contribution in [1.82, 2.24) is 9.97 Å². The molecule has 0 aliphatic rings. The molecule has 4 nitrogen and oxygen atoms in total. The third-order valence-electron chi connectivity index (χ3n) is 3.73. The Kier molecular flexibility index (Phi) is 3.88. The molecule has 0 atom stereocenters. The highest BCUT2D eigenvalue weighted by Crippen LogP contribution is 2.33. The van der Waals surface area contributed by atoms with Crippen LogP contribution in [0.3, 0.4) is 0 Å². The summed E-state index contributed by atoms with van der Waals surface area (Å²) in [5.74, 6) is 0. The molecule has 118 valence electrons. The number of aromatic amines is 1. The molecule has 0 saturated carbocycles.